The van der Waals surface area contributed by atoms with Crippen LogP contribution in [-0.4, -0.2) is 53.4 Å². The van der Waals surface area contributed by atoms with Crippen molar-refractivity contribution in [3.8, 4) is 0 Å². The number of aliphatic carboxylic acids is 1. The summed E-state index contributed by atoms with van der Waals surface area (Å²) < 4.78 is 42.0. The largest absolute Gasteiger partial charge is 0.478 e. The first-order valence-electron chi connectivity index (χ1n) is 12.2. The molecular formula is C28H31ClF3N3O3. The van der Waals surface area contributed by atoms with E-state index in [1.165, 1.54) is 13.0 Å². The van der Waals surface area contributed by atoms with Crippen molar-refractivity contribution in [1.29, 1.82) is 0 Å². The number of hydrogen-bond acceptors (Lipinski definition) is 5. The molecule has 0 spiro atoms. The van der Waals surface area contributed by atoms with Gasteiger partial charge in [0.2, 0.25) is 5.84 Å². The number of carbonyl (C=O) groups excluding carboxylic acids is 1. The summed E-state index contributed by atoms with van der Waals surface area (Å²) in [5.41, 5.74) is 1.46. The smallest absolute Gasteiger partial charge is 0.449 e. The van der Waals surface area contributed by atoms with E-state index in [1.54, 1.807) is 30.3 Å². The molecule has 0 radical (unpaired) electrons. The van der Waals surface area contributed by atoms with Gasteiger partial charge < -0.3 is 15.3 Å². The molecule has 1 aliphatic heterocycles. The highest BCUT2D eigenvalue weighted by Gasteiger charge is 2.47. The van der Waals surface area contributed by atoms with E-state index in [-0.39, 0.29) is 53.5 Å². The van der Waals surface area contributed by atoms with Crippen molar-refractivity contribution in [3.63, 3.8) is 0 Å². The first kappa shape index (κ1) is 29.4. The molecule has 0 saturated heterocycles. The summed E-state index contributed by atoms with van der Waals surface area (Å²) in [6.07, 6.45) is -4.60. The second-order valence-electron chi connectivity index (χ2n) is 10.2. The number of Topliss-reactive ketones (excluding diaryl/α,β-unsaturated/α-hetero) is 1. The van der Waals surface area contributed by atoms with Gasteiger partial charge in [0.15, 0.2) is 5.78 Å². The second-order valence-corrected chi connectivity index (χ2v) is 10.6. The highest BCUT2D eigenvalue weighted by molar-refractivity contribution is 6.30. The molecule has 1 heterocycles. The van der Waals surface area contributed by atoms with Gasteiger partial charge >= 0.3 is 12.1 Å². The van der Waals surface area contributed by atoms with Gasteiger partial charge in [-0.3, -0.25) is 4.79 Å². The van der Waals surface area contributed by atoms with E-state index < -0.39 is 24.0 Å². The van der Waals surface area contributed by atoms with Crippen LogP contribution in [0.1, 0.15) is 61.6 Å². The predicted octanol–water partition coefficient (Wildman–Crippen LogP) is 6.18. The van der Waals surface area contributed by atoms with E-state index in [4.69, 9.17) is 11.6 Å². The number of aliphatic imine (C=N–C) groups is 1. The molecule has 6 nitrogen and oxygen atoms in total. The van der Waals surface area contributed by atoms with Gasteiger partial charge in [0, 0.05) is 17.1 Å². The van der Waals surface area contributed by atoms with E-state index in [9.17, 15) is 27.9 Å². The van der Waals surface area contributed by atoms with Gasteiger partial charge in [0.1, 0.15) is 0 Å². The fraction of sp³-hybridized carbons (Fsp3) is 0.393. The number of benzene rings is 2. The van der Waals surface area contributed by atoms with Crippen LogP contribution in [0.3, 0.4) is 0 Å². The highest BCUT2D eigenvalue weighted by atomic mass is 35.5. The number of ketones is 1. The average molecular weight is 550 g/mol. The van der Waals surface area contributed by atoms with Crippen LogP contribution in [0, 0.1) is 0 Å². The lowest BCUT2D eigenvalue weighted by Gasteiger charge is -2.39. The first-order valence-corrected chi connectivity index (χ1v) is 12.5. The summed E-state index contributed by atoms with van der Waals surface area (Å²) in [6, 6.07) is 12.2. The number of nitrogens with zero attached hydrogens (tertiary/aromatic N) is 2. The molecule has 0 aromatic heterocycles. The Kier molecular flexibility index (Phi) is 9.05. The van der Waals surface area contributed by atoms with Crippen molar-refractivity contribution in [3.05, 3.63) is 81.5 Å². The molecule has 1 atom stereocenters. The minimum absolute atomic E-state index is 0.0200. The van der Waals surface area contributed by atoms with Crippen molar-refractivity contribution < 1.29 is 27.9 Å². The highest BCUT2D eigenvalue weighted by Crippen LogP contribution is 2.39. The molecule has 2 aromatic carbocycles. The lowest BCUT2D eigenvalue weighted by molar-refractivity contribution is -0.133. The van der Waals surface area contributed by atoms with Gasteiger partial charge in [-0.15, -0.1) is 0 Å². The molecule has 0 fully saturated rings. The number of alkyl halides is 3. The third-order valence-corrected chi connectivity index (χ3v) is 6.52. The van der Waals surface area contributed by atoms with Gasteiger partial charge in [0.05, 0.1) is 23.9 Å². The normalized spacial score (nSPS) is 16.5. The van der Waals surface area contributed by atoms with Crippen molar-refractivity contribution in [2.24, 2.45) is 4.99 Å². The Balaban J connectivity index is 1.73. The molecule has 2 aromatic rings. The molecule has 3 rings (SSSR count). The van der Waals surface area contributed by atoms with Gasteiger partial charge in [0.25, 0.3) is 0 Å². The summed E-state index contributed by atoms with van der Waals surface area (Å²) >= 11 is 6.08. The number of allylic oxidation sites excluding steroid dienone is 1. The van der Waals surface area contributed by atoms with Gasteiger partial charge in [-0.25, -0.2) is 9.79 Å². The standard InChI is InChI=1S/C28H31ClF3N3O3/c1-17-23(25(37)38)24(19-7-5-8-21(29)15-19)35(26(34-17)28(30,31)32)14-6-13-33-16-22(36)18-9-11-20(12-10-18)27(2,3)4/h5,7-12,15,24,33H,6,13-14,16H2,1-4H3,(H,37,38). The molecule has 1 aliphatic rings. The summed E-state index contributed by atoms with van der Waals surface area (Å²) in [6.45, 7) is 7.60. The quantitative estimate of drug-likeness (QED) is 0.288. The molecule has 2 N–H and O–H groups in total. The molecule has 38 heavy (non-hydrogen) atoms. The Labute approximate surface area is 225 Å². The minimum atomic E-state index is -4.80. The lowest BCUT2D eigenvalue weighted by Crippen LogP contribution is -2.48. The van der Waals surface area contributed by atoms with E-state index in [0.717, 1.165) is 10.5 Å². The zero-order valence-corrected chi connectivity index (χ0v) is 22.5. The maximum Gasteiger partial charge on any atom is 0.449 e. The van der Waals surface area contributed by atoms with Crippen LogP contribution >= 0.6 is 11.6 Å². The maximum atomic E-state index is 14.0. The van der Waals surface area contributed by atoms with Crippen molar-refractivity contribution in [2.75, 3.05) is 19.6 Å². The summed E-state index contributed by atoms with van der Waals surface area (Å²) in [5, 5.41) is 13.1. The molecular weight excluding hydrogens is 519 g/mol. The zero-order valence-electron chi connectivity index (χ0n) is 21.7. The number of carboxylic acid groups (broad SMARTS) is 1. The van der Waals surface area contributed by atoms with Crippen molar-refractivity contribution in [2.45, 2.75) is 51.7 Å². The van der Waals surface area contributed by atoms with E-state index in [1.807, 2.05) is 12.1 Å². The number of rotatable bonds is 9. The lowest BCUT2D eigenvalue weighted by atomic mass is 9.86. The number of amidine groups is 1. The number of carboxylic acids is 1. The van der Waals surface area contributed by atoms with E-state index in [0.29, 0.717) is 11.1 Å². The molecule has 0 bridgehead atoms. The number of hydrogen-bond donors (Lipinski definition) is 2. The fourth-order valence-corrected chi connectivity index (χ4v) is 4.55. The van der Waals surface area contributed by atoms with Crippen LogP contribution in [-0.2, 0) is 10.2 Å². The molecule has 0 amide bonds. The van der Waals surface area contributed by atoms with Crippen LogP contribution in [0.4, 0.5) is 13.2 Å². The molecule has 0 saturated carbocycles. The SMILES string of the molecule is CC1=C(C(=O)O)C(c2cccc(Cl)c2)N(CCCNCC(=O)c2ccc(C(C)(C)C)cc2)C(C(F)(F)F)=N1. The van der Waals surface area contributed by atoms with E-state index >= 15 is 0 Å². The molecule has 10 heteroatoms. The third-order valence-electron chi connectivity index (χ3n) is 6.28. The third kappa shape index (κ3) is 7.02. The average Bonchev–Trinajstić information content (AvgIpc) is 2.82. The van der Waals surface area contributed by atoms with Crippen LogP contribution in [0.15, 0.2) is 64.8 Å². The topological polar surface area (TPSA) is 82.0 Å². The molecule has 0 aliphatic carbocycles. The zero-order chi connectivity index (χ0) is 28.3. The van der Waals surface area contributed by atoms with Crippen LogP contribution in [0.25, 0.3) is 0 Å². The van der Waals surface area contributed by atoms with Crippen LogP contribution in [0.5, 0.6) is 0 Å². The number of halogens is 4. The monoisotopic (exact) mass is 549 g/mol. The van der Waals surface area contributed by atoms with Crippen LogP contribution < -0.4 is 5.32 Å². The fourth-order valence-electron chi connectivity index (χ4n) is 4.35. The van der Waals surface area contributed by atoms with Crippen LogP contribution in [0.2, 0.25) is 5.02 Å². The Morgan fingerprint density at radius 2 is 1.76 bits per heavy atom. The Bertz CT molecular complexity index is 1250. The van der Waals surface area contributed by atoms with E-state index in [2.05, 4.69) is 31.1 Å². The first-order chi connectivity index (χ1) is 17.7. The van der Waals surface area contributed by atoms with Crippen molar-refractivity contribution in [1.82, 2.24) is 10.2 Å². The molecule has 1 unspecified atom stereocenters. The second kappa shape index (κ2) is 11.7. The maximum absolute atomic E-state index is 14.0. The minimum Gasteiger partial charge on any atom is -0.478 e. The number of nitrogens with one attached hydrogen (secondary N) is 1. The summed E-state index contributed by atoms with van der Waals surface area (Å²) in [7, 11) is 0. The summed E-state index contributed by atoms with van der Waals surface area (Å²) in [5.74, 6) is -2.66. The Hall–Kier alpha value is -3.17. The van der Waals surface area contributed by atoms with Gasteiger partial charge in [-0.2, -0.15) is 13.2 Å². The summed E-state index contributed by atoms with van der Waals surface area (Å²) in [4.78, 5) is 29.2. The van der Waals surface area contributed by atoms with Gasteiger partial charge in [-0.05, 0) is 48.6 Å². The number of carbonyl (C=O) groups is 2. The Morgan fingerprint density at radius 3 is 2.32 bits per heavy atom. The predicted molar refractivity (Wildman–Crippen MR) is 142 cm³/mol. The van der Waals surface area contributed by atoms with Gasteiger partial charge in [-0.1, -0.05) is 68.8 Å². The molecule has 204 valence electrons. The van der Waals surface area contributed by atoms with Crippen molar-refractivity contribution >= 4 is 29.2 Å². The Morgan fingerprint density at radius 1 is 1.11 bits per heavy atom.